The molecule has 7 heteroatoms. The van der Waals surface area contributed by atoms with Crippen molar-refractivity contribution in [2.75, 3.05) is 0 Å². The summed E-state index contributed by atoms with van der Waals surface area (Å²) in [6.07, 6.45) is -2.84. The van der Waals surface area contributed by atoms with Gasteiger partial charge >= 0.3 is 0 Å². The van der Waals surface area contributed by atoms with Gasteiger partial charge in [-0.15, -0.1) is 0 Å². The van der Waals surface area contributed by atoms with Crippen molar-refractivity contribution in [2.24, 2.45) is 0 Å². The highest BCUT2D eigenvalue weighted by Gasteiger charge is 2.29. The molecule has 0 saturated carbocycles. The van der Waals surface area contributed by atoms with Crippen molar-refractivity contribution in [3.05, 3.63) is 34.6 Å². The largest absolute Gasteiger partial charge is 0.387 e. The third-order valence-electron chi connectivity index (χ3n) is 1.86. The maximum atomic E-state index is 13.0. The lowest BCUT2D eigenvalue weighted by Crippen LogP contribution is -2.11. The van der Waals surface area contributed by atoms with Crippen molar-refractivity contribution >= 4 is 0 Å². The number of hydrogen-bond acceptors (Lipinski definition) is 2. The molecule has 0 aliphatic carbocycles. The normalized spacial score (nSPS) is 12.3. The van der Waals surface area contributed by atoms with Crippen LogP contribution in [0.4, 0.5) is 22.0 Å². The molecule has 1 rings (SSSR count). The van der Waals surface area contributed by atoms with Gasteiger partial charge in [-0.25, -0.2) is 22.0 Å². The summed E-state index contributed by atoms with van der Waals surface area (Å²) in [5, 5.41) is 17.2. The molecule has 1 aromatic rings. The average molecular weight is 237 g/mol. The Hall–Kier alpha value is -1.68. The first-order valence-corrected chi connectivity index (χ1v) is 3.98. The summed E-state index contributed by atoms with van der Waals surface area (Å²) < 4.78 is 63.8. The quantitative estimate of drug-likeness (QED) is 0.487. The molecule has 0 aliphatic rings. The Kier molecular flexibility index (Phi) is 3.44. The third-order valence-corrected chi connectivity index (χ3v) is 1.86. The number of aliphatic hydroxyl groups excluding tert-OH is 1. The second kappa shape index (κ2) is 4.45. The maximum Gasteiger partial charge on any atom is 0.200 e. The first-order chi connectivity index (χ1) is 7.41. The molecular weight excluding hydrogens is 233 g/mol. The van der Waals surface area contributed by atoms with E-state index >= 15 is 0 Å². The molecule has 1 aromatic carbocycles. The Morgan fingerprint density at radius 3 is 1.69 bits per heavy atom. The van der Waals surface area contributed by atoms with Gasteiger partial charge in [0.25, 0.3) is 0 Å². The fraction of sp³-hybridized carbons (Fsp3) is 0.222. The highest BCUT2D eigenvalue weighted by Crippen LogP contribution is 2.28. The van der Waals surface area contributed by atoms with E-state index in [4.69, 9.17) is 10.4 Å². The number of rotatable bonds is 2. The van der Waals surface area contributed by atoms with Crippen LogP contribution in [0.2, 0.25) is 0 Å². The van der Waals surface area contributed by atoms with Gasteiger partial charge in [0.1, 0.15) is 0 Å². The lowest BCUT2D eigenvalue weighted by Gasteiger charge is -2.11. The lowest BCUT2D eigenvalue weighted by atomic mass is 10.0. The summed E-state index contributed by atoms with van der Waals surface area (Å²) in [4.78, 5) is 0. The van der Waals surface area contributed by atoms with E-state index in [9.17, 15) is 22.0 Å². The van der Waals surface area contributed by atoms with Crippen molar-refractivity contribution < 1.29 is 27.1 Å². The van der Waals surface area contributed by atoms with Crippen LogP contribution in [0.1, 0.15) is 18.1 Å². The summed E-state index contributed by atoms with van der Waals surface area (Å²) in [5.41, 5.74) is -1.39. The zero-order valence-electron chi connectivity index (χ0n) is 7.57. The van der Waals surface area contributed by atoms with Crippen LogP contribution in [0.5, 0.6) is 0 Å². The highest BCUT2D eigenvalue weighted by atomic mass is 19.2. The monoisotopic (exact) mass is 237 g/mol. The second-order valence-electron chi connectivity index (χ2n) is 2.86. The van der Waals surface area contributed by atoms with Crippen molar-refractivity contribution in [3.8, 4) is 6.07 Å². The Bertz CT molecular complexity index is 439. The molecule has 0 aromatic heterocycles. The van der Waals surface area contributed by atoms with Gasteiger partial charge in [-0.3, -0.25) is 0 Å². The predicted molar refractivity (Wildman–Crippen MR) is 41.4 cm³/mol. The van der Waals surface area contributed by atoms with Gasteiger partial charge in [-0.05, 0) is 0 Å². The molecule has 0 saturated heterocycles. The maximum absolute atomic E-state index is 13.0. The first kappa shape index (κ1) is 12.4. The minimum atomic E-state index is -2.30. The van der Waals surface area contributed by atoms with Crippen molar-refractivity contribution in [3.63, 3.8) is 0 Å². The van der Waals surface area contributed by atoms with Crippen LogP contribution in [0.3, 0.4) is 0 Å². The van der Waals surface area contributed by atoms with E-state index in [0.29, 0.717) is 0 Å². The third kappa shape index (κ3) is 1.84. The molecule has 86 valence electrons. The molecular formula is C9H4F5NO. The van der Waals surface area contributed by atoms with E-state index in [2.05, 4.69) is 0 Å². The summed E-state index contributed by atoms with van der Waals surface area (Å²) in [6.45, 7) is 0. The number of hydrogen-bond donors (Lipinski definition) is 1. The fourth-order valence-corrected chi connectivity index (χ4v) is 1.10. The van der Waals surface area contributed by atoms with E-state index in [1.165, 1.54) is 6.07 Å². The number of benzene rings is 1. The molecule has 0 unspecified atom stereocenters. The molecule has 1 atom stereocenters. The van der Waals surface area contributed by atoms with Crippen LogP contribution in [0.25, 0.3) is 0 Å². The molecule has 0 aliphatic heterocycles. The van der Waals surface area contributed by atoms with E-state index in [1.54, 1.807) is 0 Å². The topological polar surface area (TPSA) is 44.0 Å². The highest BCUT2D eigenvalue weighted by molar-refractivity contribution is 5.26. The van der Waals surface area contributed by atoms with Crippen molar-refractivity contribution in [1.82, 2.24) is 0 Å². The van der Waals surface area contributed by atoms with Gasteiger partial charge in [-0.1, -0.05) is 0 Å². The zero-order valence-corrected chi connectivity index (χ0v) is 7.57. The Morgan fingerprint density at radius 2 is 1.31 bits per heavy atom. The van der Waals surface area contributed by atoms with E-state index in [-0.39, 0.29) is 0 Å². The number of halogens is 5. The zero-order chi connectivity index (χ0) is 12.5. The molecule has 0 bridgehead atoms. The minimum absolute atomic E-state index is 0.779. The molecule has 0 amide bonds. The summed E-state index contributed by atoms with van der Waals surface area (Å²) in [5.74, 6) is -10.8. The van der Waals surface area contributed by atoms with E-state index in [1.807, 2.05) is 0 Å². The molecule has 1 N–H and O–H groups in total. The van der Waals surface area contributed by atoms with Gasteiger partial charge in [0.2, 0.25) is 5.82 Å². The smallest absolute Gasteiger partial charge is 0.200 e. The fourth-order valence-electron chi connectivity index (χ4n) is 1.10. The van der Waals surface area contributed by atoms with Crippen LogP contribution < -0.4 is 0 Å². The standard InChI is InChI=1S/C9H4F5NO/c10-5-4(3(16)1-2-15)6(11)8(13)9(14)7(5)12/h3,16H,1H2/t3-/m1/s1. The van der Waals surface area contributed by atoms with Gasteiger partial charge in [-0.2, -0.15) is 5.26 Å². The van der Waals surface area contributed by atoms with E-state index in [0.717, 1.165) is 0 Å². The molecule has 0 spiro atoms. The lowest BCUT2D eigenvalue weighted by molar-refractivity contribution is 0.168. The minimum Gasteiger partial charge on any atom is -0.387 e. The Labute approximate surface area is 86.5 Å². The van der Waals surface area contributed by atoms with Crippen molar-refractivity contribution in [1.29, 1.82) is 5.26 Å². The summed E-state index contributed by atoms with van der Waals surface area (Å²) >= 11 is 0. The average Bonchev–Trinajstić information content (AvgIpc) is 2.24. The molecule has 0 radical (unpaired) electrons. The van der Waals surface area contributed by atoms with Gasteiger partial charge in [0.15, 0.2) is 23.3 Å². The Balaban J connectivity index is 3.46. The molecule has 0 heterocycles. The van der Waals surface area contributed by atoms with Crippen LogP contribution in [-0.4, -0.2) is 5.11 Å². The number of nitriles is 1. The van der Waals surface area contributed by atoms with E-state index < -0.39 is 47.2 Å². The first-order valence-electron chi connectivity index (χ1n) is 3.98. The van der Waals surface area contributed by atoms with Crippen LogP contribution in [0, 0.1) is 40.4 Å². The summed E-state index contributed by atoms with van der Waals surface area (Å²) in [6, 6.07) is 1.35. The number of aliphatic hydroxyl groups is 1. The van der Waals surface area contributed by atoms with Crippen LogP contribution in [-0.2, 0) is 0 Å². The SMILES string of the molecule is N#CC[C@@H](O)c1c(F)c(F)c(F)c(F)c1F. The van der Waals surface area contributed by atoms with Crippen LogP contribution in [0.15, 0.2) is 0 Å². The van der Waals surface area contributed by atoms with Gasteiger partial charge < -0.3 is 5.11 Å². The van der Waals surface area contributed by atoms with Crippen molar-refractivity contribution in [2.45, 2.75) is 12.5 Å². The predicted octanol–water partition coefficient (Wildman–Crippen LogP) is 2.33. The summed E-state index contributed by atoms with van der Waals surface area (Å²) in [7, 11) is 0. The van der Waals surface area contributed by atoms with Crippen LogP contribution >= 0.6 is 0 Å². The molecule has 2 nitrogen and oxygen atoms in total. The van der Waals surface area contributed by atoms with Gasteiger partial charge in [0.05, 0.1) is 24.2 Å². The molecule has 0 fully saturated rings. The molecule has 16 heavy (non-hydrogen) atoms. The Morgan fingerprint density at radius 1 is 0.938 bits per heavy atom. The second-order valence-corrected chi connectivity index (χ2v) is 2.86. The number of nitrogens with zero attached hydrogens (tertiary/aromatic N) is 1. The van der Waals surface area contributed by atoms with Gasteiger partial charge in [0, 0.05) is 0 Å².